The van der Waals surface area contributed by atoms with Gasteiger partial charge in [-0.1, -0.05) is 20.8 Å². The predicted molar refractivity (Wildman–Crippen MR) is 105 cm³/mol. The molecule has 0 N–H and O–H groups in total. The molecule has 0 amide bonds. The van der Waals surface area contributed by atoms with Crippen LogP contribution in [-0.2, 0) is 4.43 Å². The highest BCUT2D eigenvalue weighted by Gasteiger charge is 2.47. The highest BCUT2D eigenvalue weighted by Crippen LogP contribution is 2.46. The van der Waals surface area contributed by atoms with Gasteiger partial charge in [0.05, 0.1) is 17.0 Å². The Morgan fingerprint density at radius 3 is 2.67 bits per heavy atom. The second-order valence-electron chi connectivity index (χ2n) is 8.45. The van der Waals surface area contributed by atoms with E-state index in [1.807, 2.05) is 18.0 Å². The summed E-state index contributed by atoms with van der Waals surface area (Å²) in [6.45, 7) is 13.4. The minimum Gasteiger partial charge on any atom is -0.414 e. The lowest BCUT2D eigenvalue weighted by Gasteiger charge is -2.53. The highest BCUT2D eigenvalue weighted by molar-refractivity contribution is 7.99. The molecule has 0 atom stereocenters. The van der Waals surface area contributed by atoms with Crippen LogP contribution >= 0.6 is 23.4 Å². The van der Waals surface area contributed by atoms with Crippen LogP contribution in [0.2, 0.25) is 23.4 Å². The fourth-order valence-corrected chi connectivity index (χ4v) is 5.16. The molecule has 1 aliphatic carbocycles. The molecule has 0 unspecified atom stereocenters. The largest absolute Gasteiger partial charge is 0.414 e. The van der Waals surface area contributed by atoms with Gasteiger partial charge in [-0.2, -0.15) is 4.98 Å². The van der Waals surface area contributed by atoms with Crippen LogP contribution < -0.4 is 4.90 Å². The van der Waals surface area contributed by atoms with Crippen molar-refractivity contribution in [2.45, 2.75) is 68.6 Å². The Labute approximate surface area is 155 Å². The molecular weight excluding hydrogens is 358 g/mol. The van der Waals surface area contributed by atoms with Crippen LogP contribution in [0.4, 0.5) is 5.82 Å². The smallest absolute Gasteiger partial charge is 0.224 e. The van der Waals surface area contributed by atoms with Crippen LogP contribution in [-0.4, -0.2) is 42.7 Å². The zero-order valence-corrected chi connectivity index (χ0v) is 17.9. The Kier molecular flexibility index (Phi) is 4.97. The molecule has 0 radical (unpaired) electrons. The Balaban J connectivity index is 1.83. The number of thioether (sulfide) groups is 1. The van der Waals surface area contributed by atoms with Crippen molar-refractivity contribution in [1.82, 2.24) is 9.97 Å². The number of anilines is 1. The summed E-state index contributed by atoms with van der Waals surface area (Å²) in [5.41, 5.74) is 0.0862. The van der Waals surface area contributed by atoms with E-state index in [0.717, 1.165) is 29.6 Å². The molecule has 0 spiro atoms. The molecule has 2 heterocycles. The van der Waals surface area contributed by atoms with Crippen LogP contribution in [0.5, 0.6) is 0 Å². The Morgan fingerprint density at radius 2 is 2.08 bits per heavy atom. The number of hydrogen-bond donors (Lipinski definition) is 0. The van der Waals surface area contributed by atoms with Crippen molar-refractivity contribution in [3.8, 4) is 0 Å². The molecule has 0 aromatic carbocycles. The molecule has 1 aliphatic heterocycles. The van der Waals surface area contributed by atoms with Crippen molar-refractivity contribution in [2.75, 3.05) is 23.8 Å². The average Bonchev–Trinajstić information content (AvgIpc) is 2.45. The van der Waals surface area contributed by atoms with Crippen LogP contribution in [0, 0.1) is 0 Å². The van der Waals surface area contributed by atoms with Gasteiger partial charge in [0.2, 0.25) is 5.28 Å². The summed E-state index contributed by atoms with van der Waals surface area (Å²) < 4.78 is 6.61. The normalized spacial score (nSPS) is 20.5. The molecule has 0 bridgehead atoms. The van der Waals surface area contributed by atoms with Crippen molar-refractivity contribution in [3.05, 3.63) is 11.5 Å². The van der Waals surface area contributed by atoms with E-state index in [9.17, 15) is 0 Å². The molecule has 1 aromatic rings. The van der Waals surface area contributed by atoms with Gasteiger partial charge < -0.3 is 9.33 Å². The number of aromatic nitrogens is 2. The highest BCUT2D eigenvalue weighted by atomic mass is 35.5. The molecule has 3 rings (SSSR count). The predicted octanol–water partition coefficient (Wildman–Crippen LogP) is 4.99. The Morgan fingerprint density at radius 1 is 1.38 bits per heavy atom. The minimum absolute atomic E-state index is 0.0862. The lowest BCUT2D eigenvalue weighted by Crippen LogP contribution is -2.61. The van der Waals surface area contributed by atoms with Crippen molar-refractivity contribution in [1.29, 1.82) is 0 Å². The van der Waals surface area contributed by atoms with Gasteiger partial charge in [-0.3, -0.25) is 0 Å². The van der Waals surface area contributed by atoms with E-state index in [2.05, 4.69) is 48.7 Å². The molecule has 1 aromatic heterocycles. The van der Waals surface area contributed by atoms with Crippen molar-refractivity contribution >= 4 is 37.5 Å². The summed E-state index contributed by atoms with van der Waals surface area (Å²) in [4.78, 5) is 12.3. The van der Waals surface area contributed by atoms with Gasteiger partial charge in [0, 0.05) is 18.5 Å². The third kappa shape index (κ3) is 3.35. The molecule has 24 heavy (non-hydrogen) atoms. The number of halogens is 1. The van der Waals surface area contributed by atoms with Crippen molar-refractivity contribution in [2.24, 2.45) is 0 Å². The molecular formula is C17H28ClN3OSSi. The van der Waals surface area contributed by atoms with Gasteiger partial charge in [0.1, 0.15) is 5.82 Å². The zero-order valence-electron chi connectivity index (χ0n) is 15.4. The van der Waals surface area contributed by atoms with Crippen molar-refractivity contribution in [3.63, 3.8) is 0 Å². The second kappa shape index (κ2) is 6.45. The van der Waals surface area contributed by atoms with Gasteiger partial charge in [-0.25, -0.2) is 4.98 Å². The molecule has 4 nitrogen and oxygen atoms in total. The van der Waals surface area contributed by atoms with E-state index >= 15 is 0 Å². The molecule has 7 heteroatoms. The summed E-state index contributed by atoms with van der Waals surface area (Å²) in [5.74, 6) is 2.07. The standard InChI is InChI=1S/C17H28ClN3OSSi/c1-16(2,3)24(4,5)22-12-17(7-6-8-17)21-9-10-23-13-11-19-15(18)20-14(13)21/h11H,6-10,12H2,1-5H3. The monoisotopic (exact) mass is 385 g/mol. The summed E-state index contributed by atoms with van der Waals surface area (Å²) in [6, 6.07) is 0. The van der Waals surface area contributed by atoms with Gasteiger partial charge in [0.15, 0.2) is 8.32 Å². The Hall–Kier alpha value is -0.303. The second-order valence-corrected chi connectivity index (χ2v) is 14.7. The van der Waals surface area contributed by atoms with E-state index in [1.54, 1.807) is 0 Å². The average molecular weight is 386 g/mol. The fraction of sp³-hybridized carbons (Fsp3) is 0.765. The first-order valence-electron chi connectivity index (χ1n) is 8.72. The van der Waals surface area contributed by atoms with E-state index in [1.165, 1.54) is 19.3 Å². The van der Waals surface area contributed by atoms with Gasteiger partial charge in [-0.05, 0) is 49.0 Å². The third-order valence-electron chi connectivity index (χ3n) is 5.90. The minimum atomic E-state index is -1.75. The molecule has 134 valence electrons. The lowest BCUT2D eigenvalue weighted by molar-refractivity contribution is 0.121. The quantitative estimate of drug-likeness (QED) is 0.539. The SMILES string of the molecule is CC(C)(C)[Si](C)(C)OCC1(N2CCSc3cnc(Cl)nc32)CCC1. The van der Waals surface area contributed by atoms with Crippen molar-refractivity contribution < 1.29 is 4.43 Å². The number of nitrogens with zero attached hydrogens (tertiary/aromatic N) is 3. The summed E-state index contributed by atoms with van der Waals surface area (Å²) in [7, 11) is -1.75. The van der Waals surface area contributed by atoms with Crippen LogP contribution in [0.1, 0.15) is 40.0 Å². The van der Waals surface area contributed by atoms with E-state index in [-0.39, 0.29) is 10.6 Å². The van der Waals surface area contributed by atoms with E-state index in [0.29, 0.717) is 5.28 Å². The first-order chi connectivity index (χ1) is 11.1. The number of fused-ring (bicyclic) bond motifs is 1. The molecule has 0 saturated heterocycles. The topological polar surface area (TPSA) is 38.2 Å². The maximum absolute atomic E-state index is 6.61. The number of rotatable bonds is 4. The zero-order chi connectivity index (χ0) is 17.6. The van der Waals surface area contributed by atoms with Gasteiger partial charge in [0.25, 0.3) is 0 Å². The van der Waals surface area contributed by atoms with Gasteiger partial charge >= 0.3 is 0 Å². The molecule has 1 fully saturated rings. The van der Waals surface area contributed by atoms with Crippen LogP contribution in [0.15, 0.2) is 11.1 Å². The summed E-state index contributed by atoms with van der Waals surface area (Å²) >= 11 is 7.90. The van der Waals surface area contributed by atoms with E-state index in [4.69, 9.17) is 16.0 Å². The third-order valence-corrected chi connectivity index (χ3v) is 11.5. The van der Waals surface area contributed by atoms with Crippen LogP contribution in [0.3, 0.4) is 0 Å². The van der Waals surface area contributed by atoms with Gasteiger partial charge in [-0.15, -0.1) is 11.8 Å². The number of hydrogen-bond acceptors (Lipinski definition) is 5. The molecule has 2 aliphatic rings. The summed E-state index contributed by atoms with van der Waals surface area (Å²) in [5, 5.41) is 0.569. The first kappa shape index (κ1) is 18.5. The lowest BCUT2D eigenvalue weighted by atomic mass is 9.76. The molecule has 1 saturated carbocycles. The first-order valence-corrected chi connectivity index (χ1v) is 13.0. The van der Waals surface area contributed by atoms with Crippen LogP contribution in [0.25, 0.3) is 0 Å². The Bertz CT molecular complexity index is 616. The maximum atomic E-state index is 6.61. The maximum Gasteiger partial charge on any atom is 0.224 e. The summed E-state index contributed by atoms with van der Waals surface area (Å²) in [6.07, 6.45) is 5.47. The fourth-order valence-electron chi connectivity index (χ4n) is 3.06. The van der Waals surface area contributed by atoms with E-state index < -0.39 is 8.32 Å².